The van der Waals surface area contributed by atoms with Gasteiger partial charge in [-0.2, -0.15) is 0 Å². The molecule has 0 unspecified atom stereocenters. The standard InChI is InChI=1S/C15H20BrFN2/c1-2-3-4-15(19-9-7-18-8-10-19)13-11-12(16)5-6-14(13)17/h2,5-6,11,15,18H,1,3-4,7-10H2/t15-/m0/s1. The molecule has 19 heavy (non-hydrogen) atoms. The molecule has 0 amide bonds. The molecule has 1 aromatic carbocycles. The van der Waals surface area contributed by atoms with E-state index in [0.29, 0.717) is 0 Å². The number of nitrogens with one attached hydrogen (secondary N) is 1. The van der Waals surface area contributed by atoms with E-state index in [1.807, 2.05) is 12.1 Å². The van der Waals surface area contributed by atoms with Gasteiger partial charge in [0.1, 0.15) is 5.82 Å². The maximum absolute atomic E-state index is 14.1. The van der Waals surface area contributed by atoms with Crippen molar-refractivity contribution in [3.05, 3.63) is 46.7 Å². The van der Waals surface area contributed by atoms with Crippen LogP contribution in [0, 0.1) is 5.82 Å². The van der Waals surface area contributed by atoms with E-state index in [0.717, 1.165) is 49.1 Å². The van der Waals surface area contributed by atoms with Crippen LogP contribution in [0.4, 0.5) is 4.39 Å². The Labute approximate surface area is 122 Å². The van der Waals surface area contributed by atoms with Crippen LogP contribution in [0.3, 0.4) is 0 Å². The zero-order valence-corrected chi connectivity index (χ0v) is 12.6. The lowest BCUT2D eigenvalue weighted by Gasteiger charge is -2.35. The minimum Gasteiger partial charge on any atom is -0.314 e. The Hall–Kier alpha value is -0.710. The molecule has 0 bridgehead atoms. The first-order valence-corrected chi connectivity index (χ1v) is 7.52. The van der Waals surface area contributed by atoms with Crippen molar-refractivity contribution in [1.29, 1.82) is 0 Å². The number of allylic oxidation sites excluding steroid dienone is 1. The Morgan fingerprint density at radius 3 is 2.84 bits per heavy atom. The topological polar surface area (TPSA) is 15.3 Å². The highest BCUT2D eigenvalue weighted by molar-refractivity contribution is 9.10. The molecule has 0 aliphatic carbocycles. The molecule has 2 rings (SSSR count). The number of hydrogen-bond acceptors (Lipinski definition) is 2. The first-order valence-electron chi connectivity index (χ1n) is 6.73. The molecule has 1 aliphatic heterocycles. The number of benzene rings is 1. The summed E-state index contributed by atoms with van der Waals surface area (Å²) >= 11 is 3.44. The molecule has 1 N–H and O–H groups in total. The van der Waals surface area contributed by atoms with Crippen LogP contribution in [0.2, 0.25) is 0 Å². The lowest BCUT2D eigenvalue weighted by molar-refractivity contribution is 0.163. The second-order valence-corrected chi connectivity index (χ2v) is 5.75. The van der Waals surface area contributed by atoms with Crippen molar-refractivity contribution in [3.8, 4) is 0 Å². The summed E-state index contributed by atoms with van der Waals surface area (Å²) in [6.45, 7) is 7.65. The van der Waals surface area contributed by atoms with Gasteiger partial charge in [0.25, 0.3) is 0 Å². The summed E-state index contributed by atoms with van der Waals surface area (Å²) < 4.78 is 15.0. The van der Waals surface area contributed by atoms with E-state index in [9.17, 15) is 4.39 Å². The Kier molecular flexibility index (Phi) is 5.55. The van der Waals surface area contributed by atoms with Crippen molar-refractivity contribution < 1.29 is 4.39 Å². The van der Waals surface area contributed by atoms with Crippen LogP contribution in [0.1, 0.15) is 24.4 Å². The number of rotatable bonds is 5. The monoisotopic (exact) mass is 326 g/mol. The van der Waals surface area contributed by atoms with Crippen LogP contribution in [0.25, 0.3) is 0 Å². The van der Waals surface area contributed by atoms with E-state index in [1.54, 1.807) is 12.1 Å². The number of hydrogen-bond donors (Lipinski definition) is 1. The van der Waals surface area contributed by atoms with Gasteiger partial charge in [0, 0.05) is 42.3 Å². The van der Waals surface area contributed by atoms with Crippen LogP contribution in [-0.2, 0) is 0 Å². The molecule has 0 saturated carbocycles. The highest BCUT2D eigenvalue weighted by Gasteiger charge is 2.24. The Morgan fingerprint density at radius 2 is 2.16 bits per heavy atom. The summed E-state index contributed by atoms with van der Waals surface area (Å²) in [5.74, 6) is -0.115. The fraction of sp³-hybridized carbons (Fsp3) is 0.467. The molecule has 2 nitrogen and oxygen atoms in total. The fourth-order valence-corrected chi connectivity index (χ4v) is 2.95. The van der Waals surface area contributed by atoms with Gasteiger partial charge < -0.3 is 5.32 Å². The van der Waals surface area contributed by atoms with E-state index in [-0.39, 0.29) is 11.9 Å². The summed E-state index contributed by atoms with van der Waals surface area (Å²) in [6, 6.07) is 5.34. The second-order valence-electron chi connectivity index (χ2n) is 4.83. The van der Waals surface area contributed by atoms with E-state index >= 15 is 0 Å². The van der Waals surface area contributed by atoms with Gasteiger partial charge in [0.2, 0.25) is 0 Å². The Bertz CT molecular complexity index is 430. The molecular formula is C15H20BrFN2. The van der Waals surface area contributed by atoms with E-state index in [4.69, 9.17) is 0 Å². The summed E-state index contributed by atoms with van der Waals surface area (Å²) in [7, 11) is 0. The van der Waals surface area contributed by atoms with Gasteiger partial charge >= 0.3 is 0 Å². The smallest absolute Gasteiger partial charge is 0.128 e. The SMILES string of the molecule is C=CCC[C@@H](c1cc(Br)ccc1F)N1CCNCC1. The molecule has 1 aromatic rings. The van der Waals surface area contributed by atoms with Crippen molar-refractivity contribution in [2.45, 2.75) is 18.9 Å². The Balaban J connectivity index is 2.24. The lowest BCUT2D eigenvalue weighted by atomic mass is 9.99. The van der Waals surface area contributed by atoms with Crippen molar-refractivity contribution in [3.63, 3.8) is 0 Å². The van der Waals surface area contributed by atoms with Gasteiger partial charge in [-0.1, -0.05) is 22.0 Å². The van der Waals surface area contributed by atoms with Gasteiger partial charge in [-0.05, 0) is 31.0 Å². The maximum Gasteiger partial charge on any atom is 0.128 e. The van der Waals surface area contributed by atoms with Crippen LogP contribution < -0.4 is 5.32 Å². The summed E-state index contributed by atoms with van der Waals surface area (Å²) in [4.78, 5) is 2.37. The van der Waals surface area contributed by atoms with Crippen LogP contribution >= 0.6 is 15.9 Å². The van der Waals surface area contributed by atoms with E-state index in [1.165, 1.54) is 0 Å². The maximum atomic E-state index is 14.1. The molecule has 1 saturated heterocycles. The highest BCUT2D eigenvalue weighted by atomic mass is 79.9. The van der Waals surface area contributed by atoms with E-state index < -0.39 is 0 Å². The van der Waals surface area contributed by atoms with Crippen molar-refractivity contribution in [2.24, 2.45) is 0 Å². The molecule has 0 spiro atoms. The summed E-state index contributed by atoms with van der Waals surface area (Å²) in [5, 5.41) is 3.34. The lowest BCUT2D eigenvalue weighted by Crippen LogP contribution is -2.45. The van der Waals surface area contributed by atoms with Gasteiger partial charge in [-0.15, -0.1) is 6.58 Å². The molecular weight excluding hydrogens is 307 g/mol. The third-order valence-electron chi connectivity index (χ3n) is 3.55. The Morgan fingerprint density at radius 1 is 1.42 bits per heavy atom. The van der Waals surface area contributed by atoms with Gasteiger partial charge in [-0.3, -0.25) is 4.90 Å². The first kappa shape index (κ1) is 14.7. The molecule has 104 valence electrons. The van der Waals surface area contributed by atoms with Crippen LogP contribution in [0.5, 0.6) is 0 Å². The van der Waals surface area contributed by atoms with Gasteiger partial charge in [0.15, 0.2) is 0 Å². The van der Waals surface area contributed by atoms with Crippen LogP contribution in [-0.4, -0.2) is 31.1 Å². The minimum atomic E-state index is -0.115. The largest absolute Gasteiger partial charge is 0.314 e. The molecule has 0 radical (unpaired) electrons. The molecule has 4 heteroatoms. The zero-order chi connectivity index (χ0) is 13.7. The summed E-state index contributed by atoms with van der Waals surface area (Å²) in [6.07, 6.45) is 3.72. The van der Waals surface area contributed by atoms with Crippen molar-refractivity contribution in [1.82, 2.24) is 10.2 Å². The summed E-state index contributed by atoms with van der Waals surface area (Å²) in [5.41, 5.74) is 0.790. The second kappa shape index (κ2) is 7.17. The number of halogens is 2. The van der Waals surface area contributed by atoms with Gasteiger partial charge in [-0.25, -0.2) is 4.39 Å². The predicted octanol–water partition coefficient (Wildman–Crippen LogP) is 3.50. The predicted molar refractivity (Wildman–Crippen MR) is 80.7 cm³/mol. The molecule has 1 heterocycles. The highest BCUT2D eigenvalue weighted by Crippen LogP contribution is 2.30. The van der Waals surface area contributed by atoms with E-state index in [2.05, 4.69) is 32.7 Å². The average molecular weight is 327 g/mol. The molecule has 1 atom stereocenters. The first-order chi connectivity index (χ1) is 9.22. The molecule has 1 aliphatic rings. The van der Waals surface area contributed by atoms with Crippen molar-refractivity contribution in [2.75, 3.05) is 26.2 Å². The van der Waals surface area contributed by atoms with Gasteiger partial charge in [0.05, 0.1) is 0 Å². The average Bonchev–Trinajstić information content (AvgIpc) is 2.44. The molecule has 0 aromatic heterocycles. The quantitative estimate of drug-likeness (QED) is 0.833. The van der Waals surface area contributed by atoms with Crippen molar-refractivity contribution >= 4 is 15.9 Å². The van der Waals surface area contributed by atoms with Crippen LogP contribution in [0.15, 0.2) is 35.3 Å². The third-order valence-corrected chi connectivity index (χ3v) is 4.05. The number of nitrogens with zero attached hydrogens (tertiary/aromatic N) is 1. The normalized spacial score (nSPS) is 18.2. The molecule has 1 fully saturated rings. The zero-order valence-electron chi connectivity index (χ0n) is 11.0. The fourth-order valence-electron chi connectivity index (χ4n) is 2.57. The third kappa shape index (κ3) is 3.88. The number of piperazine rings is 1. The minimum absolute atomic E-state index is 0.115.